The third-order valence-corrected chi connectivity index (χ3v) is 4.62. The summed E-state index contributed by atoms with van der Waals surface area (Å²) in [7, 11) is 5.09. The van der Waals surface area contributed by atoms with E-state index >= 15 is 0 Å². The van der Waals surface area contributed by atoms with Gasteiger partial charge in [-0.2, -0.15) is 0 Å². The maximum atomic E-state index is 5.62. The van der Waals surface area contributed by atoms with Crippen LogP contribution in [0.15, 0.2) is 47.7 Å². The Morgan fingerprint density at radius 2 is 1.97 bits per heavy atom. The van der Waals surface area contributed by atoms with E-state index < -0.39 is 0 Å². The Hall–Kier alpha value is -3.42. The molecule has 0 aliphatic heterocycles. The predicted molar refractivity (Wildman–Crippen MR) is 119 cm³/mol. The molecule has 2 aromatic heterocycles. The molecule has 8 heteroatoms. The molecule has 8 nitrogen and oxygen atoms in total. The number of nitrogens with zero attached hydrogens (tertiary/aromatic N) is 2. The fourth-order valence-corrected chi connectivity index (χ4v) is 3.14. The molecule has 30 heavy (non-hydrogen) atoms. The van der Waals surface area contributed by atoms with Crippen molar-refractivity contribution in [1.82, 2.24) is 20.6 Å². The van der Waals surface area contributed by atoms with Crippen molar-refractivity contribution in [2.24, 2.45) is 4.99 Å². The highest BCUT2D eigenvalue weighted by Crippen LogP contribution is 2.31. The van der Waals surface area contributed by atoms with Crippen LogP contribution in [0, 0.1) is 0 Å². The molecule has 160 valence electrons. The average Bonchev–Trinajstić information content (AvgIpc) is 3.20. The first-order valence-electron chi connectivity index (χ1n) is 9.94. The van der Waals surface area contributed by atoms with Crippen LogP contribution < -0.4 is 24.8 Å². The number of aromatic amines is 1. The van der Waals surface area contributed by atoms with E-state index in [1.165, 1.54) is 0 Å². The topological polar surface area (TPSA) is 92.8 Å². The Morgan fingerprint density at radius 1 is 1.10 bits per heavy atom. The molecule has 0 fully saturated rings. The van der Waals surface area contributed by atoms with Crippen molar-refractivity contribution in [2.75, 3.05) is 41.0 Å². The van der Waals surface area contributed by atoms with Crippen molar-refractivity contribution in [3.63, 3.8) is 0 Å². The zero-order valence-electron chi connectivity index (χ0n) is 17.7. The minimum atomic E-state index is 0.534. The Balaban J connectivity index is 1.41. The number of aliphatic imine (C=N–C) groups is 1. The second kappa shape index (κ2) is 10.9. The van der Waals surface area contributed by atoms with Gasteiger partial charge in [-0.3, -0.25) is 9.98 Å². The van der Waals surface area contributed by atoms with Crippen LogP contribution in [0.5, 0.6) is 17.2 Å². The molecule has 3 rings (SSSR count). The molecule has 0 aliphatic carbocycles. The monoisotopic (exact) mass is 411 g/mol. The molecule has 0 saturated carbocycles. The SMILES string of the molecule is CN=C(NCCCc1cc2c(OC)cc(OC)cc2[nH]1)NCCOc1cccnc1. The summed E-state index contributed by atoms with van der Waals surface area (Å²) >= 11 is 0. The summed E-state index contributed by atoms with van der Waals surface area (Å²) in [4.78, 5) is 11.7. The second-order valence-corrected chi connectivity index (χ2v) is 6.65. The van der Waals surface area contributed by atoms with Crippen LogP contribution in [0.3, 0.4) is 0 Å². The molecular weight excluding hydrogens is 382 g/mol. The molecule has 2 heterocycles. The number of aromatic nitrogens is 2. The highest BCUT2D eigenvalue weighted by atomic mass is 16.5. The third kappa shape index (κ3) is 5.79. The Labute approximate surface area is 176 Å². The van der Waals surface area contributed by atoms with E-state index in [9.17, 15) is 0 Å². The minimum absolute atomic E-state index is 0.534. The molecule has 1 aromatic carbocycles. The number of ether oxygens (including phenoxy) is 3. The van der Waals surface area contributed by atoms with Gasteiger partial charge in [-0.1, -0.05) is 0 Å². The van der Waals surface area contributed by atoms with Crippen LogP contribution in [0.4, 0.5) is 0 Å². The first-order valence-corrected chi connectivity index (χ1v) is 9.94. The minimum Gasteiger partial charge on any atom is -0.497 e. The van der Waals surface area contributed by atoms with Crippen LogP contribution >= 0.6 is 0 Å². The van der Waals surface area contributed by atoms with Crippen LogP contribution in [-0.4, -0.2) is 56.9 Å². The van der Waals surface area contributed by atoms with Crippen molar-refractivity contribution in [1.29, 1.82) is 0 Å². The fourth-order valence-electron chi connectivity index (χ4n) is 3.14. The van der Waals surface area contributed by atoms with Crippen LogP contribution in [-0.2, 0) is 6.42 Å². The van der Waals surface area contributed by atoms with Gasteiger partial charge in [0.25, 0.3) is 0 Å². The average molecular weight is 412 g/mol. The Morgan fingerprint density at radius 3 is 2.70 bits per heavy atom. The van der Waals surface area contributed by atoms with E-state index in [2.05, 4.69) is 31.7 Å². The van der Waals surface area contributed by atoms with Gasteiger partial charge in [-0.25, -0.2) is 0 Å². The molecule has 0 atom stereocenters. The molecule has 0 radical (unpaired) electrons. The highest BCUT2D eigenvalue weighted by molar-refractivity contribution is 5.88. The zero-order valence-corrected chi connectivity index (χ0v) is 17.7. The van der Waals surface area contributed by atoms with E-state index in [4.69, 9.17) is 14.2 Å². The Bertz CT molecular complexity index is 956. The summed E-state index contributed by atoms with van der Waals surface area (Å²) in [6, 6.07) is 9.75. The Kier molecular flexibility index (Phi) is 7.77. The number of pyridine rings is 1. The van der Waals surface area contributed by atoms with Gasteiger partial charge in [0.15, 0.2) is 5.96 Å². The van der Waals surface area contributed by atoms with E-state index in [0.717, 1.165) is 59.2 Å². The highest BCUT2D eigenvalue weighted by Gasteiger charge is 2.09. The number of hydrogen-bond donors (Lipinski definition) is 3. The van der Waals surface area contributed by atoms with Crippen molar-refractivity contribution in [3.05, 3.63) is 48.4 Å². The summed E-state index contributed by atoms with van der Waals surface area (Å²) in [5, 5.41) is 7.63. The standard InChI is InChI=1S/C22H29N5O3/c1-23-22(26-10-11-30-17-7-5-8-24-15-17)25-9-4-6-16-12-19-20(27-16)13-18(28-2)14-21(19)29-3/h5,7-8,12-15,27H,4,6,9-11H2,1-3H3,(H2,23,25,26). The first-order chi connectivity index (χ1) is 14.7. The maximum absolute atomic E-state index is 5.62. The largest absolute Gasteiger partial charge is 0.497 e. The van der Waals surface area contributed by atoms with Crippen LogP contribution in [0.1, 0.15) is 12.1 Å². The molecule has 0 aliphatic rings. The molecule has 0 unspecified atom stereocenters. The maximum Gasteiger partial charge on any atom is 0.191 e. The molecule has 0 bridgehead atoms. The van der Waals surface area contributed by atoms with E-state index in [1.54, 1.807) is 33.7 Å². The molecular formula is C22H29N5O3. The van der Waals surface area contributed by atoms with Gasteiger partial charge in [-0.15, -0.1) is 0 Å². The lowest BCUT2D eigenvalue weighted by Crippen LogP contribution is -2.39. The van der Waals surface area contributed by atoms with Crippen LogP contribution in [0.25, 0.3) is 10.9 Å². The lowest BCUT2D eigenvalue weighted by Gasteiger charge is -2.12. The van der Waals surface area contributed by atoms with Crippen molar-refractivity contribution in [3.8, 4) is 17.2 Å². The van der Waals surface area contributed by atoms with E-state index in [1.807, 2.05) is 24.3 Å². The summed E-state index contributed by atoms with van der Waals surface area (Å²) in [5.74, 6) is 3.10. The normalized spacial score (nSPS) is 11.4. The number of aryl methyl sites for hydroxylation is 1. The zero-order chi connectivity index (χ0) is 21.2. The molecule has 0 spiro atoms. The smallest absolute Gasteiger partial charge is 0.191 e. The summed E-state index contributed by atoms with van der Waals surface area (Å²) < 4.78 is 16.4. The second-order valence-electron chi connectivity index (χ2n) is 6.65. The number of guanidine groups is 1. The number of nitrogens with one attached hydrogen (secondary N) is 3. The number of H-pyrrole nitrogens is 1. The van der Waals surface area contributed by atoms with Crippen molar-refractivity contribution in [2.45, 2.75) is 12.8 Å². The van der Waals surface area contributed by atoms with Gasteiger partial charge in [0, 0.05) is 43.0 Å². The van der Waals surface area contributed by atoms with Gasteiger partial charge >= 0.3 is 0 Å². The number of methoxy groups -OCH3 is 2. The van der Waals surface area contributed by atoms with Gasteiger partial charge in [0.1, 0.15) is 23.9 Å². The fraction of sp³-hybridized carbons (Fsp3) is 0.364. The number of fused-ring (bicyclic) bond motifs is 1. The summed E-state index contributed by atoms with van der Waals surface area (Å²) in [6.07, 6.45) is 5.29. The number of benzene rings is 1. The quantitative estimate of drug-likeness (QED) is 0.270. The number of hydrogen-bond acceptors (Lipinski definition) is 5. The first kappa shape index (κ1) is 21.3. The van der Waals surface area contributed by atoms with Gasteiger partial charge in [0.05, 0.1) is 32.5 Å². The summed E-state index contributed by atoms with van der Waals surface area (Å²) in [6.45, 7) is 1.99. The van der Waals surface area contributed by atoms with Crippen molar-refractivity contribution < 1.29 is 14.2 Å². The third-order valence-electron chi connectivity index (χ3n) is 4.62. The van der Waals surface area contributed by atoms with E-state index in [0.29, 0.717) is 13.2 Å². The van der Waals surface area contributed by atoms with Gasteiger partial charge < -0.3 is 29.8 Å². The van der Waals surface area contributed by atoms with E-state index in [-0.39, 0.29) is 0 Å². The predicted octanol–water partition coefficient (Wildman–Crippen LogP) is 2.76. The molecule has 3 aromatic rings. The molecule has 0 saturated heterocycles. The van der Waals surface area contributed by atoms with Crippen LogP contribution in [0.2, 0.25) is 0 Å². The molecule has 3 N–H and O–H groups in total. The lowest BCUT2D eigenvalue weighted by molar-refractivity contribution is 0.320. The van der Waals surface area contributed by atoms with Crippen molar-refractivity contribution >= 4 is 16.9 Å². The van der Waals surface area contributed by atoms with Gasteiger partial charge in [-0.05, 0) is 31.0 Å². The van der Waals surface area contributed by atoms with Gasteiger partial charge in [0.2, 0.25) is 0 Å². The lowest BCUT2D eigenvalue weighted by atomic mass is 10.2. The molecule has 0 amide bonds. The summed E-state index contributed by atoms with van der Waals surface area (Å²) in [5.41, 5.74) is 2.17. The number of rotatable bonds is 10.